The Kier molecular flexibility index (Phi) is 28.0. The van der Waals surface area contributed by atoms with E-state index in [1.165, 1.54) is 103 Å². The molecule has 0 unspecified atom stereocenters. The molecular formula is C32H63NO3. The molecule has 0 rings (SSSR count). The standard InChI is InChI=1S/C32H63NO3/c1-3-5-7-9-11-13-14-15-16-17-18-20-22-24-26-28-32(36)33-30(29-34)31(35)27-25-23-21-19-12-10-8-6-4-2/h12,19,30-31,34-35H,3-11,13-18,20-29H2,1-2H3,(H,33,36)/b19-12+/t30-,31+/m0/s1. The van der Waals surface area contributed by atoms with E-state index in [-0.39, 0.29) is 12.5 Å². The first-order valence-corrected chi connectivity index (χ1v) is 15.9. The monoisotopic (exact) mass is 509 g/mol. The lowest BCUT2D eigenvalue weighted by atomic mass is 10.0. The number of hydrogen-bond donors (Lipinski definition) is 3. The van der Waals surface area contributed by atoms with Crippen molar-refractivity contribution in [3.63, 3.8) is 0 Å². The molecule has 3 N–H and O–H groups in total. The van der Waals surface area contributed by atoms with Gasteiger partial charge in [-0.15, -0.1) is 0 Å². The van der Waals surface area contributed by atoms with Crippen molar-refractivity contribution >= 4 is 5.91 Å². The van der Waals surface area contributed by atoms with Gasteiger partial charge in [0.05, 0.1) is 18.8 Å². The topological polar surface area (TPSA) is 69.6 Å². The van der Waals surface area contributed by atoms with Crippen molar-refractivity contribution < 1.29 is 15.0 Å². The van der Waals surface area contributed by atoms with Crippen LogP contribution in [0.25, 0.3) is 0 Å². The molecule has 0 aromatic heterocycles. The maximum Gasteiger partial charge on any atom is 0.220 e. The second kappa shape index (κ2) is 28.7. The Labute approximate surface area is 225 Å². The van der Waals surface area contributed by atoms with Crippen LogP contribution in [0.3, 0.4) is 0 Å². The van der Waals surface area contributed by atoms with Gasteiger partial charge in [-0.1, -0.05) is 135 Å². The van der Waals surface area contributed by atoms with Gasteiger partial charge in [-0.25, -0.2) is 0 Å². The zero-order chi connectivity index (χ0) is 26.5. The summed E-state index contributed by atoms with van der Waals surface area (Å²) in [6, 6.07) is -0.543. The van der Waals surface area contributed by atoms with E-state index in [0.717, 1.165) is 38.5 Å². The Morgan fingerprint density at radius 3 is 1.53 bits per heavy atom. The van der Waals surface area contributed by atoms with Gasteiger partial charge in [-0.3, -0.25) is 4.79 Å². The van der Waals surface area contributed by atoms with E-state index in [1.54, 1.807) is 0 Å². The fraction of sp³-hybridized carbons (Fsp3) is 0.906. The van der Waals surface area contributed by atoms with Crippen LogP contribution in [0.1, 0.15) is 168 Å². The van der Waals surface area contributed by atoms with E-state index in [1.807, 2.05) is 0 Å². The molecule has 2 atom stereocenters. The summed E-state index contributed by atoms with van der Waals surface area (Å²) in [5.74, 6) is -0.0437. The van der Waals surface area contributed by atoms with Crippen molar-refractivity contribution in [3.05, 3.63) is 12.2 Å². The molecule has 0 radical (unpaired) electrons. The third-order valence-corrected chi connectivity index (χ3v) is 7.28. The summed E-state index contributed by atoms with van der Waals surface area (Å²) in [5.41, 5.74) is 0. The molecule has 0 aliphatic carbocycles. The van der Waals surface area contributed by atoms with E-state index in [2.05, 4.69) is 31.3 Å². The number of hydrogen-bond acceptors (Lipinski definition) is 3. The third-order valence-electron chi connectivity index (χ3n) is 7.28. The minimum Gasteiger partial charge on any atom is -0.394 e. The number of unbranched alkanes of at least 4 members (excludes halogenated alkanes) is 19. The van der Waals surface area contributed by atoms with Crippen molar-refractivity contribution in [1.82, 2.24) is 5.32 Å². The number of amides is 1. The van der Waals surface area contributed by atoms with E-state index in [4.69, 9.17) is 0 Å². The molecule has 0 bridgehead atoms. The summed E-state index contributed by atoms with van der Waals surface area (Å²) in [4.78, 5) is 12.2. The smallest absolute Gasteiger partial charge is 0.220 e. The highest BCUT2D eigenvalue weighted by atomic mass is 16.3. The molecule has 0 spiro atoms. The van der Waals surface area contributed by atoms with Crippen LogP contribution in [0.5, 0.6) is 0 Å². The highest BCUT2D eigenvalue weighted by Crippen LogP contribution is 2.14. The SMILES string of the molecule is CCCCC/C=C/CCCC[C@@H](O)[C@H](CO)NC(=O)CCCCCCCCCCCCCCCCC. The van der Waals surface area contributed by atoms with Crippen LogP contribution >= 0.6 is 0 Å². The first kappa shape index (κ1) is 35.1. The highest BCUT2D eigenvalue weighted by molar-refractivity contribution is 5.76. The zero-order valence-corrected chi connectivity index (χ0v) is 24.3. The number of rotatable bonds is 28. The van der Waals surface area contributed by atoms with Gasteiger partial charge < -0.3 is 15.5 Å². The van der Waals surface area contributed by atoms with Gasteiger partial charge in [0.25, 0.3) is 0 Å². The molecule has 1 amide bonds. The largest absolute Gasteiger partial charge is 0.394 e. The molecule has 0 saturated carbocycles. The Balaban J connectivity index is 3.58. The van der Waals surface area contributed by atoms with Gasteiger partial charge in [-0.05, 0) is 38.5 Å². The summed E-state index contributed by atoms with van der Waals surface area (Å²) in [5, 5.41) is 22.8. The maximum atomic E-state index is 12.2. The van der Waals surface area contributed by atoms with E-state index in [0.29, 0.717) is 12.8 Å². The average molecular weight is 510 g/mol. The van der Waals surface area contributed by atoms with Crippen molar-refractivity contribution in [1.29, 1.82) is 0 Å². The van der Waals surface area contributed by atoms with E-state index >= 15 is 0 Å². The average Bonchev–Trinajstić information content (AvgIpc) is 2.88. The predicted octanol–water partition coefficient (Wildman–Crippen LogP) is 8.78. The lowest BCUT2D eigenvalue weighted by Crippen LogP contribution is -2.45. The zero-order valence-electron chi connectivity index (χ0n) is 24.3. The molecule has 4 nitrogen and oxygen atoms in total. The number of nitrogens with one attached hydrogen (secondary N) is 1. The normalized spacial score (nSPS) is 13.3. The van der Waals surface area contributed by atoms with Gasteiger partial charge >= 0.3 is 0 Å². The molecule has 0 aromatic carbocycles. The lowest BCUT2D eigenvalue weighted by molar-refractivity contribution is -0.123. The van der Waals surface area contributed by atoms with Crippen molar-refractivity contribution in [2.75, 3.05) is 6.61 Å². The lowest BCUT2D eigenvalue weighted by Gasteiger charge is -2.22. The Bertz CT molecular complexity index is 480. The van der Waals surface area contributed by atoms with Crippen molar-refractivity contribution in [2.45, 2.75) is 180 Å². The van der Waals surface area contributed by atoms with Crippen molar-refractivity contribution in [3.8, 4) is 0 Å². The fourth-order valence-electron chi connectivity index (χ4n) is 4.76. The van der Waals surface area contributed by atoms with Crippen LogP contribution in [-0.2, 0) is 4.79 Å². The minimum atomic E-state index is -0.673. The number of aliphatic hydroxyl groups excluding tert-OH is 2. The van der Waals surface area contributed by atoms with Gasteiger partial charge in [0.2, 0.25) is 5.91 Å². The summed E-state index contributed by atoms with van der Waals surface area (Å²) in [6.07, 6.45) is 32.6. The summed E-state index contributed by atoms with van der Waals surface area (Å²) >= 11 is 0. The quantitative estimate of drug-likeness (QED) is 0.0729. The van der Waals surface area contributed by atoms with Gasteiger partial charge in [0.1, 0.15) is 0 Å². The maximum absolute atomic E-state index is 12.2. The van der Waals surface area contributed by atoms with Crippen LogP contribution in [0, 0.1) is 0 Å². The molecule has 0 aromatic rings. The highest BCUT2D eigenvalue weighted by Gasteiger charge is 2.19. The first-order valence-electron chi connectivity index (χ1n) is 15.9. The minimum absolute atomic E-state index is 0.0437. The van der Waals surface area contributed by atoms with Crippen LogP contribution in [-0.4, -0.2) is 34.9 Å². The first-order chi connectivity index (χ1) is 17.7. The third kappa shape index (κ3) is 24.8. The Morgan fingerprint density at radius 2 is 1.06 bits per heavy atom. The van der Waals surface area contributed by atoms with E-state index < -0.39 is 12.1 Å². The van der Waals surface area contributed by atoms with Crippen LogP contribution < -0.4 is 5.32 Å². The predicted molar refractivity (Wildman–Crippen MR) is 156 cm³/mol. The Morgan fingerprint density at radius 1 is 0.639 bits per heavy atom. The van der Waals surface area contributed by atoms with Crippen LogP contribution in [0.2, 0.25) is 0 Å². The Hall–Kier alpha value is -0.870. The summed E-state index contributed by atoms with van der Waals surface area (Å²) in [6.45, 7) is 4.29. The molecule has 214 valence electrons. The van der Waals surface area contributed by atoms with Crippen LogP contribution in [0.15, 0.2) is 12.2 Å². The van der Waals surface area contributed by atoms with Crippen LogP contribution in [0.4, 0.5) is 0 Å². The van der Waals surface area contributed by atoms with Crippen molar-refractivity contribution in [2.24, 2.45) is 0 Å². The molecule has 4 heteroatoms. The van der Waals surface area contributed by atoms with Gasteiger partial charge in [0, 0.05) is 6.42 Å². The van der Waals surface area contributed by atoms with Gasteiger partial charge in [0.15, 0.2) is 0 Å². The molecular weight excluding hydrogens is 446 g/mol. The molecule has 0 saturated heterocycles. The summed E-state index contributed by atoms with van der Waals surface area (Å²) < 4.78 is 0. The van der Waals surface area contributed by atoms with Gasteiger partial charge in [-0.2, -0.15) is 0 Å². The fourth-order valence-corrected chi connectivity index (χ4v) is 4.76. The number of aliphatic hydroxyl groups is 2. The molecule has 36 heavy (non-hydrogen) atoms. The number of carbonyl (C=O) groups is 1. The van der Waals surface area contributed by atoms with E-state index in [9.17, 15) is 15.0 Å². The second-order valence-electron chi connectivity index (χ2n) is 10.9. The number of carbonyl (C=O) groups excluding carboxylic acids is 1. The molecule has 0 heterocycles. The second-order valence-corrected chi connectivity index (χ2v) is 10.9. The summed E-state index contributed by atoms with van der Waals surface area (Å²) in [7, 11) is 0. The number of allylic oxidation sites excluding steroid dienone is 2. The molecule has 0 aliphatic rings. The molecule has 0 aliphatic heterocycles. The molecule has 0 fully saturated rings.